The average molecular weight is 494 g/mol. The molecule has 0 aromatic rings. The van der Waals surface area contributed by atoms with Gasteiger partial charge in [-0.15, -0.1) is 0 Å². The molecule has 0 bridgehead atoms. The summed E-state index contributed by atoms with van der Waals surface area (Å²) in [6.45, 7) is 24.6. The molecule has 0 amide bonds. The largest absolute Gasteiger partial charge is 0.521 e. The lowest BCUT2D eigenvalue weighted by Gasteiger charge is -2.42. The van der Waals surface area contributed by atoms with Crippen LogP contribution in [0.1, 0.15) is 89.5 Å². The number of hydrogen-bond acceptors (Lipinski definition) is 5. The standard InChI is InChI=1S/C22H45O6PSi2/c1-14(2)30(15(3)4,16(5)6)27-21(23)13-20(29(25)26)22(24)28-31(17(7)8,18(9)10)19(11)12/h14-20H,13H2,1-12H3/p+1. The summed E-state index contributed by atoms with van der Waals surface area (Å²) in [5, 5.41) is 0. The molecule has 0 saturated heterocycles. The van der Waals surface area contributed by atoms with Crippen molar-refractivity contribution in [3.8, 4) is 0 Å². The molecule has 0 radical (unpaired) electrons. The summed E-state index contributed by atoms with van der Waals surface area (Å²) < 4.78 is 24.3. The Kier molecular flexibility index (Phi) is 11.8. The number of carbonyl (C=O) groups is 2. The maximum absolute atomic E-state index is 13.1. The molecule has 9 heteroatoms. The normalized spacial score (nSPS) is 14.7. The van der Waals surface area contributed by atoms with Gasteiger partial charge in [-0.1, -0.05) is 83.1 Å². The molecular formula is C22H46O6PSi2+. The molecule has 0 heterocycles. The van der Waals surface area contributed by atoms with E-state index in [0.29, 0.717) is 0 Å². The lowest BCUT2D eigenvalue weighted by Crippen LogP contribution is -2.51. The van der Waals surface area contributed by atoms with Crippen molar-refractivity contribution in [3.63, 3.8) is 0 Å². The van der Waals surface area contributed by atoms with E-state index in [2.05, 4.69) is 41.5 Å². The lowest BCUT2D eigenvalue weighted by molar-refractivity contribution is -0.141. The van der Waals surface area contributed by atoms with Crippen LogP contribution in [-0.4, -0.2) is 39.1 Å². The van der Waals surface area contributed by atoms with Crippen LogP contribution in [-0.2, 0) is 23.0 Å². The van der Waals surface area contributed by atoms with Crippen LogP contribution >= 0.6 is 8.03 Å². The van der Waals surface area contributed by atoms with E-state index in [9.17, 15) is 19.0 Å². The third-order valence-corrected chi connectivity index (χ3v) is 19.8. The van der Waals surface area contributed by atoms with Gasteiger partial charge in [0.05, 0.1) is 0 Å². The number of rotatable bonds is 12. The summed E-state index contributed by atoms with van der Waals surface area (Å²) in [5.74, 6) is -1.32. The monoisotopic (exact) mass is 493 g/mol. The van der Waals surface area contributed by atoms with E-state index in [1.165, 1.54) is 0 Å². The molecule has 0 aromatic heterocycles. The van der Waals surface area contributed by atoms with Crippen LogP contribution in [0.25, 0.3) is 0 Å². The zero-order chi connectivity index (χ0) is 24.9. The number of hydrogen-bond donors (Lipinski definition) is 1. The predicted octanol–water partition coefficient (Wildman–Crippen LogP) is 6.92. The molecule has 0 aliphatic carbocycles. The fourth-order valence-corrected chi connectivity index (χ4v) is 16.6. The fourth-order valence-electron chi connectivity index (χ4n) is 5.60. The summed E-state index contributed by atoms with van der Waals surface area (Å²) in [7, 11) is -8.00. The SMILES string of the molecule is CC(C)[Si](OC(=O)CC(C(=O)O[Si](C(C)C)(C(C)C)C(C)C)[P+](=O)O)(C(C)C)C(C)C. The third-order valence-electron chi connectivity index (χ3n) is 6.88. The molecule has 2 unspecified atom stereocenters. The minimum absolute atomic E-state index is 0.142. The van der Waals surface area contributed by atoms with Crippen molar-refractivity contribution in [2.24, 2.45) is 0 Å². The molecule has 0 aromatic carbocycles. The molecule has 182 valence electrons. The van der Waals surface area contributed by atoms with Crippen LogP contribution in [0.2, 0.25) is 33.2 Å². The van der Waals surface area contributed by atoms with Crippen LogP contribution in [0.4, 0.5) is 0 Å². The first kappa shape index (κ1) is 30.4. The van der Waals surface area contributed by atoms with Crippen molar-refractivity contribution in [1.29, 1.82) is 0 Å². The molecule has 0 aliphatic rings. The molecule has 6 nitrogen and oxygen atoms in total. The van der Waals surface area contributed by atoms with E-state index in [0.717, 1.165) is 0 Å². The van der Waals surface area contributed by atoms with Gasteiger partial charge in [-0.2, -0.15) is 4.89 Å². The second-order valence-electron chi connectivity index (χ2n) is 10.6. The van der Waals surface area contributed by atoms with Crippen molar-refractivity contribution < 1.29 is 27.9 Å². The molecule has 1 N–H and O–H groups in total. The summed E-state index contributed by atoms with van der Waals surface area (Å²) >= 11 is 0. The van der Waals surface area contributed by atoms with Gasteiger partial charge in [-0.25, -0.2) is 4.79 Å². The summed E-state index contributed by atoms with van der Waals surface area (Å²) in [5.41, 5.74) is -0.410. The smallest absolute Gasteiger partial charge is 0.518 e. The Morgan fingerprint density at radius 2 is 0.968 bits per heavy atom. The van der Waals surface area contributed by atoms with Crippen molar-refractivity contribution in [2.45, 2.75) is 128 Å². The highest BCUT2D eigenvalue weighted by Crippen LogP contribution is 2.45. The topological polar surface area (TPSA) is 89.9 Å². The molecule has 2 atom stereocenters. The number of carbonyl (C=O) groups excluding carboxylic acids is 2. The molecule has 31 heavy (non-hydrogen) atoms. The van der Waals surface area contributed by atoms with Gasteiger partial charge in [0.1, 0.15) is 6.42 Å². The van der Waals surface area contributed by atoms with Gasteiger partial charge < -0.3 is 8.85 Å². The Morgan fingerprint density at radius 1 is 0.677 bits per heavy atom. The fraction of sp³-hybridized carbons (Fsp3) is 0.909. The first-order valence-electron chi connectivity index (χ1n) is 11.6. The van der Waals surface area contributed by atoms with E-state index < -0.39 is 48.7 Å². The van der Waals surface area contributed by atoms with Crippen molar-refractivity contribution >= 4 is 36.6 Å². The minimum atomic E-state index is -2.92. The molecule has 0 aliphatic heterocycles. The highest BCUT2D eigenvalue weighted by molar-refractivity contribution is 7.40. The Labute approximate surface area is 193 Å². The van der Waals surface area contributed by atoms with Crippen LogP contribution in [0.3, 0.4) is 0 Å². The highest BCUT2D eigenvalue weighted by Gasteiger charge is 2.53. The lowest BCUT2D eigenvalue weighted by atomic mass is 10.3. The van der Waals surface area contributed by atoms with Crippen molar-refractivity contribution in [3.05, 3.63) is 0 Å². The quantitative estimate of drug-likeness (QED) is 0.234. The highest BCUT2D eigenvalue weighted by atomic mass is 31.1. The van der Waals surface area contributed by atoms with Gasteiger partial charge in [0.15, 0.2) is 0 Å². The van der Waals surface area contributed by atoms with Gasteiger partial charge in [0.25, 0.3) is 28.3 Å². The van der Waals surface area contributed by atoms with Gasteiger partial charge in [0.2, 0.25) is 0 Å². The summed E-state index contributed by atoms with van der Waals surface area (Å²) in [6, 6.07) is 0. The second-order valence-corrected chi connectivity index (χ2v) is 22.5. The Morgan fingerprint density at radius 3 is 1.23 bits per heavy atom. The van der Waals surface area contributed by atoms with E-state index in [4.69, 9.17) is 8.85 Å². The van der Waals surface area contributed by atoms with Crippen LogP contribution in [0.15, 0.2) is 0 Å². The molecule has 0 saturated carbocycles. The van der Waals surface area contributed by atoms with Crippen LogP contribution in [0.5, 0.6) is 0 Å². The van der Waals surface area contributed by atoms with Crippen LogP contribution < -0.4 is 0 Å². The zero-order valence-corrected chi connectivity index (χ0v) is 24.6. The predicted molar refractivity (Wildman–Crippen MR) is 133 cm³/mol. The van der Waals surface area contributed by atoms with E-state index in [1.54, 1.807) is 0 Å². The van der Waals surface area contributed by atoms with Crippen molar-refractivity contribution in [2.75, 3.05) is 0 Å². The Hall–Kier alpha value is -0.566. The zero-order valence-electron chi connectivity index (χ0n) is 21.7. The summed E-state index contributed by atoms with van der Waals surface area (Å²) in [6.07, 6.45) is -0.426. The minimum Gasteiger partial charge on any atom is -0.518 e. The van der Waals surface area contributed by atoms with Crippen LogP contribution in [0, 0.1) is 0 Å². The molecule has 0 rings (SSSR count). The molecule has 0 spiro atoms. The van der Waals surface area contributed by atoms with E-state index in [-0.39, 0.29) is 33.2 Å². The summed E-state index contributed by atoms with van der Waals surface area (Å²) in [4.78, 5) is 35.9. The van der Waals surface area contributed by atoms with E-state index >= 15 is 0 Å². The third kappa shape index (κ3) is 6.72. The van der Waals surface area contributed by atoms with Gasteiger partial charge in [-0.3, -0.25) is 4.79 Å². The molecular weight excluding hydrogens is 447 g/mol. The Balaban J connectivity index is 5.85. The van der Waals surface area contributed by atoms with Gasteiger partial charge in [0, 0.05) is 0 Å². The maximum Gasteiger partial charge on any atom is 0.521 e. The first-order valence-corrected chi connectivity index (χ1v) is 17.1. The van der Waals surface area contributed by atoms with Gasteiger partial charge in [-0.05, 0) is 37.8 Å². The van der Waals surface area contributed by atoms with E-state index in [1.807, 2.05) is 41.5 Å². The first-order chi connectivity index (χ1) is 14.0. The van der Waals surface area contributed by atoms with Gasteiger partial charge >= 0.3 is 14.0 Å². The second kappa shape index (κ2) is 12.1. The van der Waals surface area contributed by atoms with Crippen molar-refractivity contribution in [1.82, 2.24) is 0 Å². The molecule has 0 fully saturated rings. The maximum atomic E-state index is 13.1. The Bertz CT molecular complexity index is 588. The average Bonchev–Trinajstić information content (AvgIpc) is 2.59.